The number of nitrogens with zero attached hydrogens (tertiary/aromatic N) is 3. The van der Waals surface area contributed by atoms with E-state index in [1.807, 2.05) is 31.2 Å². The van der Waals surface area contributed by atoms with Gasteiger partial charge in [-0.25, -0.2) is 0 Å². The van der Waals surface area contributed by atoms with Gasteiger partial charge in [0, 0.05) is 65.0 Å². The molecule has 5 rings (SSSR count). The number of hydrogen-bond acceptors (Lipinski definition) is 2. The molecular weight excluding hydrogens is 422 g/mol. The molecule has 2 aromatic heterocycles. The van der Waals surface area contributed by atoms with Gasteiger partial charge in [0.05, 0.1) is 11.1 Å². The van der Waals surface area contributed by atoms with Crippen molar-refractivity contribution in [2.45, 2.75) is 53.1 Å². The molecule has 2 aromatic carbocycles. The molecule has 34 heavy (non-hydrogen) atoms. The van der Waals surface area contributed by atoms with Gasteiger partial charge < -0.3 is 9.13 Å². The van der Waals surface area contributed by atoms with Crippen LogP contribution in [0.1, 0.15) is 51.2 Å². The Balaban J connectivity index is 1.83. The zero-order valence-corrected chi connectivity index (χ0v) is 20.2. The first-order chi connectivity index (χ1) is 16.6. The third-order valence-corrected chi connectivity index (χ3v) is 6.66. The van der Waals surface area contributed by atoms with Crippen LogP contribution in [0.4, 0.5) is 0 Å². The van der Waals surface area contributed by atoms with Crippen molar-refractivity contribution in [2.24, 2.45) is 0 Å². The Kier molecular flexibility index (Phi) is 5.86. The van der Waals surface area contributed by atoms with E-state index in [9.17, 15) is 9.59 Å². The number of aromatic nitrogens is 2. The number of imide groups is 1. The molecule has 0 fully saturated rings. The highest BCUT2D eigenvalue weighted by Gasteiger charge is 2.41. The predicted octanol–water partition coefficient (Wildman–Crippen LogP) is 6.11. The fourth-order valence-electron chi connectivity index (χ4n) is 5.25. The van der Waals surface area contributed by atoms with Crippen molar-refractivity contribution in [3.05, 3.63) is 72.1 Å². The van der Waals surface area contributed by atoms with Gasteiger partial charge in [0.2, 0.25) is 0 Å². The van der Waals surface area contributed by atoms with Crippen molar-refractivity contribution in [1.82, 2.24) is 14.0 Å². The lowest BCUT2D eigenvalue weighted by molar-refractivity contribution is -0.136. The number of fused-ring (bicyclic) bond motifs is 2. The Labute approximate surface area is 200 Å². The van der Waals surface area contributed by atoms with Crippen molar-refractivity contribution in [1.29, 1.82) is 0 Å². The van der Waals surface area contributed by atoms with E-state index in [2.05, 4.69) is 59.6 Å². The quantitative estimate of drug-likeness (QED) is 0.302. The molecule has 0 bridgehead atoms. The maximum absolute atomic E-state index is 13.8. The maximum Gasteiger partial charge on any atom is 0.262 e. The molecule has 5 nitrogen and oxygen atoms in total. The summed E-state index contributed by atoms with van der Waals surface area (Å²) < 4.78 is 4.41. The van der Waals surface area contributed by atoms with E-state index in [1.54, 1.807) is 0 Å². The van der Waals surface area contributed by atoms with Crippen molar-refractivity contribution in [3.63, 3.8) is 0 Å². The summed E-state index contributed by atoms with van der Waals surface area (Å²) >= 11 is 0. The van der Waals surface area contributed by atoms with E-state index in [-0.39, 0.29) is 11.8 Å². The highest BCUT2D eigenvalue weighted by atomic mass is 16.2. The van der Waals surface area contributed by atoms with Crippen LogP contribution < -0.4 is 0 Å². The van der Waals surface area contributed by atoms with Crippen LogP contribution >= 0.6 is 0 Å². The molecule has 0 unspecified atom stereocenters. The van der Waals surface area contributed by atoms with Crippen LogP contribution in [0, 0.1) is 0 Å². The summed E-state index contributed by atoms with van der Waals surface area (Å²) in [5.74, 6) is -0.373. The molecule has 4 aromatic rings. The van der Waals surface area contributed by atoms with Gasteiger partial charge in [0.15, 0.2) is 0 Å². The van der Waals surface area contributed by atoms with Crippen LogP contribution in [-0.2, 0) is 22.7 Å². The Morgan fingerprint density at radius 2 is 1.00 bits per heavy atom. The summed E-state index contributed by atoms with van der Waals surface area (Å²) in [7, 11) is 0. The second kappa shape index (κ2) is 8.98. The number of carbonyl (C=O) groups is 2. The molecule has 0 atom stereocenters. The third kappa shape index (κ3) is 3.38. The van der Waals surface area contributed by atoms with Gasteiger partial charge >= 0.3 is 0 Å². The molecule has 2 amide bonds. The molecule has 174 valence electrons. The van der Waals surface area contributed by atoms with Crippen LogP contribution in [0.3, 0.4) is 0 Å². The number of para-hydroxylation sites is 2. The topological polar surface area (TPSA) is 47.2 Å². The summed E-state index contributed by atoms with van der Waals surface area (Å²) in [6, 6.07) is 16.3. The SMILES string of the molecule is CCCN1C(=O)C(c2cn(CCC)c3ccccc23)=C(c2cn(CCC)c3ccccc23)C1=O. The smallest absolute Gasteiger partial charge is 0.262 e. The highest BCUT2D eigenvalue weighted by Crippen LogP contribution is 2.41. The number of benzene rings is 2. The van der Waals surface area contributed by atoms with Gasteiger partial charge in [-0.2, -0.15) is 0 Å². The normalized spacial score (nSPS) is 14.4. The minimum atomic E-state index is -0.187. The average molecular weight is 454 g/mol. The monoisotopic (exact) mass is 453 g/mol. The summed E-state index contributed by atoms with van der Waals surface area (Å²) in [6.07, 6.45) is 6.84. The minimum absolute atomic E-state index is 0.187. The molecule has 5 heteroatoms. The molecule has 0 radical (unpaired) electrons. The first-order valence-electron chi connectivity index (χ1n) is 12.4. The molecule has 0 spiro atoms. The Morgan fingerprint density at radius 3 is 1.41 bits per heavy atom. The van der Waals surface area contributed by atoms with E-state index in [0.29, 0.717) is 17.7 Å². The summed E-state index contributed by atoms with van der Waals surface area (Å²) in [4.78, 5) is 29.0. The van der Waals surface area contributed by atoms with E-state index in [0.717, 1.165) is 65.3 Å². The predicted molar refractivity (Wildman–Crippen MR) is 138 cm³/mol. The van der Waals surface area contributed by atoms with Crippen LogP contribution in [0.5, 0.6) is 0 Å². The summed E-state index contributed by atoms with van der Waals surface area (Å²) in [5, 5.41) is 2.03. The standard InChI is InChI=1S/C29H31N3O2/c1-4-15-30-18-22(20-11-7-9-13-24(20)30)26-27(29(34)32(17-6-3)28(26)33)23-19-31(16-5-2)25-14-10-8-12-21(23)25/h7-14,18-19H,4-6,15-17H2,1-3H3. The fourth-order valence-corrected chi connectivity index (χ4v) is 5.25. The summed E-state index contributed by atoms with van der Waals surface area (Å²) in [5.41, 5.74) is 4.95. The molecule has 0 saturated carbocycles. The molecule has 1 aliphatic heterocycles. The van der Waals surface area contributed by atoms with E-state index in [1.165, 1.54) is 4.90 Å². The lowest BCUT2D eigenvalue weighted by atomic mass is 9.95. The molecule has 0 aliphatic carbocycles. The number of aryl methyl sites for hydroxylation is 2. The largest absolute Gasteiger partial charge is 0.347 e. The Hall–Kier alpha value is -3.60. The highest BCUT2D eigenvalue weighted by molar-refractivity contribution is 6.50. The Bertz CT molecular complexity index is 1330. The minimum Gasteiger partial charge on any atom is -0.347 e. The lowest BCUT2D eigenvalue weighted by Crippen LogP contribution is -2.32. The van der Waals surface area contributed by atoms with Crippen molar-refractivity contribution >= 4 is 44.8 Å². The van der Waals surface area contributed by atoms with Crippen LogP contribution in [0.25, 0.3) is 33.0 Å². The number of rotatable bonds is 8. The molecule has 1 aliphatic rings. The second-order valence-corrected chi connectivity index (χ2v) is 9.02. The van der Waals surface area contributed by atoms with Crippen molar-refractivity contribution < 1.29 is 9.59 Å². The molecular formula is C29H31N3O2. The number of hydrogen-bond donors (Lipinski definition) is 0. The van der Waals surface area contributed by atoms with Gasteiger partial charge in [-0.1, -0.05) is 57.2 Å². The van der Waals surface area contributed by atoms with Gasteiger partial charge in [0.1, 0.15) is 0 Å². The van der Waals surface area contributed by atoms with Gasteiger partial charge in [-0.05, 0) is 31.4 Å². The average Bonchev–Trinajstić information content (AvgIpc) is 3.46. The van der Waals surface area contributed by atoms with Gasteiger partial charge in [-0.3, -0.25) is 14.5 Å². The molecule has 3 heterocycles. The number of amides is 2. The zero-order chi connectivity index (χ0) is 23.8. The fraction of sp³-hybridized carbons (Fsp3) is 0.310. The summed E-state index contributed by atoms with van der Waals surface area (Å²) in [6.45, 7) is 8.44. The van der Waals surface area contributed by atoms with Gasteiger partial charge in [-0.15, -0.1) is 0 Å². The van der Waals surface area contributed by atoms with Crippen LogP contribution in [0.2, 0.25) is 0 Å². The second-order valence-electron chi connectivity index (χ2n) is 9.02. The Morgan fingerprint density at radius 1 is 0.588 bits per heavy atom. The van der Waals surface area contributed by atoms with E-state index in [4.69, 9.17) is 0 Å². The van der Waals surface area contributed by atoms with Crippen LogP contribution in [0.15, 0.2) is 60.9 Å². The van der Waals surface area contributed by atoms with Crippen molar-refractivity contribution in [3.8, 4) is 0 Å². The maximum atomic E-state index is 13.8. The van der Waals surface area contributed by atoms with E-state index >= 15 is 0 Å². The van der Waals surface area contributed by atoms with Crippen LogP contribution in [-0.4, -0.2) is 32.4 Å². The first-order valence-corrected chi connectivity index (χ1v) is 12.4. The molecule has 0 N–H and O–H groups in total. The third-order valence-electron chi connectivity index (χ3n) is 6.66. The van der Waals surface area contributed by atoms with Gasteiger partial charge in [0.25, 0.3) is 11.8 Å². The number of carbonyl (C=O) groups excluding carboxylic acids is 2. The zero-order valence-electron chi connectivity index (χ0n) is 20.2. The van der Waals surface area contributed by atoms with Crippen molar-refractivity contribution in [2.75, 3.05) is 6.54 Å². The first kappa shape index (κ1) is 22.2. The lowest BCUT2D eigenvalue weighted by Gasteiger charge is -2.13. The molecule has 0 saturated heterocycles. The van der Waals surface area contributed by atoms with E-state index < -0.39 is 0 Å².